The lowest BCUT2D eigenvalue weighted by Crippen LogP contribution is -2.37. The lowest BCUT2D eigenvalue weighted by Gasteiger charge is -2.28. The summed E-state index contributed by atoms with van der Waals surface area (Å²) in [6.45, 7) is 2.20. The van der Waals surface area contributed by atoms with E-state index in [1.165, 1.54) is 6.42 Å². The number of sulfonamides is 1. The molecule has 0 radical (unpaired) electrons. The molecule has 1 fully saturated rings. The highest BCUT2D eigenvalue weighted by Gasteiger charge is 2.25. The van der Waals surface area contributed by atoms with Crippen molar-refractivity contribution in [3.8, 4) is 5.75 Å². The van der Waals surface area contributed by atoms with Gasteiger partial charge in [-0.2, -0.15) is 0 Å². The van der Waals surface area contributed by atoms with Crippen molar-refractivity contribution >= 4 is 26.0 Å². The van der Waals surface area contributed by atoms with Crippen LogP contribution in [-0.4, -0.2) is 21.6 Å². The molecule has 1 aromatic carbocycles. The molecule has 4 nitrogen and oxygen atoms in total. The predicted molar refractivity (Wildman–Crippen MR) is 87.1 cm³/mol. The normalized spacial score (nSPS) is 23.0. The molecule has 0 aromatic heterocycles. The van der Waals surface area contributed by atoms with E-state index in [0.717, 1.165) is 31.6 Å². The molecule has 118 valence electrons. The van der Waals surface area contributed by atoms with Crippen molar-refractivity contribution in [3.63, 3.8) is 0 Å². The Morgan fingerprint density at radius 1 is 1.29 bits per heavy atom. The minimum Gasteiger partial charge on any atom is -0.496 e. The van der Waals surface area contributed by atoms with E-state index in [-0.39, 0.29) is 10.9 Å². The highest BCUT2D eigenvalue weighted by molar-refractivity contribution is 9.10. The van der Waals surface area contributed by atoms with Gasteiger partial charge in [-0.15, -0.1) is 0 Å². The van der Waals surface area contributed by atoms with Gasteiger partial charge in [0.2, 0.25) is 10.0 Å². The van der Waals surface area contributed by atoms with Crippen LogP contribution in [0, 0.1) is 5.92 Å². The molecular weight excluding hydrogens is 354 g/mol. The Labute approximate surface area is 135 Å². The van der Waals surface area contributed by atoms with E-state index in [4.69, 9.17) is 4.74 Å². The van der Waals surface area contributed by atoms with Crippen LogP contribution in [0.15, 0.2) is 27.6 Å². The summed E-state index contributed by atoms with van der Waals surface area (Å²) < 4.78 is 33.5. The first-order valence-corrected chi connectivity index (χ1v) is 9.59. The summed E-state index contributed by atoms with van der Waals surface area (Å²) in [5.41, 5.74) is 0. The van der Waals surface area contributed by atoms with Gasteiger partial charge < -0.3 is 4.74 Å². The summed E-state index contributed by atoms with van der Waals surface area (Å²) in [6.07, 6.45) is 5.25. The largest absolute Gasteiger partial charge is 0.496 e. The molecular formula is C15H22BrNO3S. The first-order valence-electron chi connectivity index (χ1n) is 7.32. The van der Waals surface area contributed by atoms with E-state index in [1.807, 2.05) is 0 Å². The standard InChI is InChI=1S/C15H22BrNO3S/c1-3-11-4-6-12(7-5-11)17-21(18,19)13-8-9-15(20-2)14(16)10-13/h8-12,17H,3-7H2,1-2H3. The average Bonchev–Trinajstić information content (AvgIpc) is 2.47. The molecule has 0 amide bonds. The van der Waals surface area contributed by atoms with Crippen LogP contribution in [0.4, 0.5) is 0 Å². The molecule has 1 aliphatic rings. The number of hydrogen-bond donors (Lipinski definition) is 1. The van der Waals surface area contributed by atoms with Gasteiger partial charge in [-0.05, 0) is 65.7 Å². The van der Waals surface area contributed by atoms with Crippen LogP contribution in [0.2, 0.25) is 0 Å². The van der Waals surface area contributed by atoms with Gasteiger partial charge in [0.05, 0.1) is 16.5 Å². The highest BCUT2D eigenvalue weighted by atomic mass is 79.9. The quantitative estimate of drug-likeness (QED) is 0.853. The molecule has 0 saturated heterocycles. The van der Waals surface area contributed by atoms with Crippen LogP contribution in [0.25, 0.3) is 0 Å². The number of halogens is 1. The third-order valence-electron chi connectivity index (χ3n) is 4.18. The van der Waals surface area contributed by atoms with E-state index in [2.05, 4.69) is 27.6 Å². The van der Waals surface area contributed by atoms with E-state index in [9.17, 15) is 8.42 Å². The monoisotopic (exact) mass is 375 g/mol. The Morgan fingerprint density at radius 3 is 2.48 bits per heavy atom. The van der Waals surface area contributed by atoms with Gasteiger partial charge in [-0.25, -0.2) is 13.1 Å². The maximum atomic E-state index is 12.4. The molecule has 0 unspecified atom stereocenters. The molecule has 0 aliphatic heterocycles. The van der Waals surface area contributed by atoms with Gasteiger partial charge in [0.1, 0.15) is 5.75 Å². The predicted octanol–water partition coefficient (Wildman–Crippen LogP) is 3.70. The summed E-state index contributed by atoms with van der Waals surface area (Å²) in [6, 6.07) is 4.87. The van der Waals surface area contributed by atoms with Crippen molar-refractivity contribution in [2.24, 2.45) is 5.92 Å². The summed E-state index contributed by atoms with van der Waals surface area (Å²) in [7, 11) is -1.91. The van der Waals surface area contributed by atoms with Gasteiger partial charge in [-0.1, -0.05) is 13.3 Å². The van der Waals surface area contributed by atoms with Crippen LogP contribution in [-0.2, 0) is 10.0 Å². The Bertz CT molecular complexity index is 581. The molecule has 1 aromatic rings. The molecule has 2 rings (SSSR count). The number of hydrogen-bond acceptors (Lipinski definition) is 3. The maximum absolute atomic E-state index is 12.4. The molecule has 0 atom stereocenters. The third kappa shape index (κ3) is 4.20. The van der Waals surface area contributed by atoms with Crippen molar-refractivity contribution in [1.29, 1.82) is 0 Å². The molecule has 1 saturated carbocycles. The van der Waals surface area contributed by atoms with Gasteiger partial charge in [0, 0.05) is 6.04 Å². The zero-order chi connectivity index (χ0) is 15.5. The Hall–Kier alpha value is -0.590. The fourth-order valence-corrected chi connectivity index (χ4v) is 4.81. The van der Waals surface area contributed by atoms with Gasteiger partial charge in [0.25, 0.3) is 0 Å². The second-order valence-electron chi connectivity index (χ2n) is 5.54. The molecule has 1 aliphatic carbocycles. The van der Waals surface area contributed by atoms with Crippen molar-refractivity contribution in [3.05, 3.63) is 22.7 Å². The summed E-state index contributed by atoms with van der Waals surface area (Å²) in [5, 5.41) is 0. The molecule has 0 bridgehead atoms. The van der Waals surface area contributed by atoms with Crippen LogP contribution < -0.4 is 9.46 Å². The molecule has 0 spiro atoms. The highest BCUT2D eigenvalue weighted by Crippen LogP contribution is 2.29. The second kappa shape index (κ2) is 7.11. The van der Waals surface area contributed by atoms with Crippen LogP contribution in [0.5, 0.6) is 5.75 Å². The minimum atomic E-state index is -3.47. The van der Waals surface area contributed by atoms with Crippen LogP contribution in [0.3, 0.4) is 0 Å². The Balaban J connectivity index is 2.07. The average molecular weight is 376 g/mol. The lowest BCUT2D eigenvalue weighted by atomic mass is 9.85. The third-order valence-corrected chi connectivity index (χ3v) is 6.32. The fourth-order valence-electron chi connectivity index (χ4n) is 2.79. The fraction of sp³-hybridized carbons (Fsp3) is 0.600. The zero-order valence-electron chi connectivity index (χ0n) is 12.4. The Kier molecular flexibility index (Phi) is 5.68. The summed E-state index contributed by atoms with van der Waals surface area (Å²) in [4.78, 5) is 0.271. The molecule has 0 heterocycles. The van der Waals surface area contributed by atoms with Crippen LogP contribution in [0.1, 0.15) is 39.0 Å². The SMILES string of the molecule is CCC1CCC(NS(=O)(=O)c2ccc(OC)c(Br)c2)CC1. The number of benzene rings is 1. The zero-order valence-corrected chi connectivity index (χ0v) is 14.8. The number of ether oxygens (including phenoxy) is 1. The lowest BCUT2D eigenvalue weighted by molar-refractivity contribution is 0.306. The van der Waals surface area contributed by atoms with Crippen molar-refractivity contribution in [2.75, 3.05) is 7.11 Å². The number of methoxy groups -OCH3 is 1. The summed E-state index contributed by atoms with van der Waals surface area (Å²) in [5.74, 6) is 1.37. The van der Waals surface area contributed by atoms with Crippen molar-refractivity contribution < 1.29 is 13.2 Å². The van der Waals surface area contributed by atoms with E-state index < -0.39 is 10.0 Å². The molecule has 21 heavy (non-hydrogen) atoms. The van der Waals surface area contributed by atoms with Crippen molar-refractivity contribution in [2.45, 2.75) is 50.0 Å². The van der Waals surface area contributed by atoms with E-state index in [1.54, 1.807) is 25.3 Å². The molecule has 6 heteroatoms. The van der Waals surface area contributed by atoms with Gasteiger partial charge in [0.15, 0.2) is 0 Å². The Morgan fingerprint density at radius 2 is 1.95 bits per heavy atom. The first kappa shape index (κ1) is 16.8. The maximum Gasteiger partial charge on any atom is 0.240 e. The number of rotatable bonds is 5. The first-order chi connectivity index (χ1) is 9.96. The van der Waals surface area contributed by atoms with Gasteiger partial charge in [-0.3, -0.25) is 0 Å². The topological polar surface area (TPSA) is 55.4 Å². The van der Waals surface area contributed by atoms with Crippen molar-refractivity contribution in [1.82, 2.24) is 4.72 Å². The molecule has 1 N–H and O–H groups in total. The summed E-state index contributed by atoms with van der Waals surface area (Å²) >= 11 is 3.32. The minimum absolute atomic E-state index is 0.0543. The number of nitrogens with one attached hydrogen (secondary N) is 1. The van der Waals surface area contributed by atoms with E-state index in [0.29, 0.717) is 10.2 Å². The smallest absolute Gasteiger partial charge is 0.240 e. The van der Waals surface area contributed by atoms with Gasteiger partial charge >= 0.3 is 0 Å². The second-order valence-corrected chi connectivity index (χ2v) is 8.11. The van der Waals surface area contributed by atoms with E-state index >= 15 is 0 Å². The van der Waals surface area contributed by atoms with Crippen LogP contribution >= 0.6 is 15.9 Å².